The molecule has 2 aromatic rings. The molecule has 1 heterocycles. The molecule has 1 aromatic heterocycles. The maximum absolute atomic E-state index is 12.5. The van der Waals surface area contributed by atoms with Crippen LogP contribution in [0.25, 0.3) is 0 Å². The Morgan fingerprint density at radius 1 is 1.27 bits per heavy atom. The molecule has 26 heavy (non-hydrogen) atoms. The predicted molar refractivity (Wildman–Crippen MR) is 103 cm³/mol. The van der Waals surface area contributed by atoms with E-state index < -0.39 is 5.97 Å². The molecule has 138 valence electrons. The van der Waals surface area contributed by atoms with Crippen molar-refractivity contribution in [3.8, 4) is 0 Å². The van der Waals surface area contributed by atoms with E-state index in [9.17, 15) is 9.59 Å². The number of benzene rings is 1. The Kier molecular flexibility index (Phi) is 6.21. The van der Waals surface area contributed by atoms with Gasteiger partial charge in [0.2, 0.25) is 0 Å². The van der Waals surface area contributed by atoms with Crippen molar-refractivity contribution in [1.82, 2.24) is 4.98 Å². The summed E-state index contributed by atoms with van der Waals surface area (Å²) < 4.78 is 0. The SMILES string of the molecule is CCN(c1nc(C(=O)Nc2ccc(C(=O)O)c(C)c2)ccc1Cl)C(C)C. The van der Waals surface area contributed by atoms with Gasteiger partial charge in [0.15, 0.2) is 0 Å². The van der Waals surface area contributed by atoms with E-state index in [1.165, 1.54) is 6.07 Å². The van der Waals surface area contributed by atoms with Crippen molar-refractivity contribution in [2.45, 2.75) is 33.7 Å². The molecule has 7 heteroatoms. The van der Waals surface area contributed by atoms with Crippen LogP contribution in [0.2, 0.25) is 5.02 Å². The maximum atomic E-state index is 12.5. The highest BCUT2D eigenvalue weighted by atomic mass is 35.5. The van der Waals surface area contributed by atoms with Gasteiger partial charge in [-0.1, -0.05) is 11.6 Å². The Balaban J connectivity index is 2.27. The molecule has 6 nitrogen and oxygen atoms in total. The standard InChI is InChI=1S/C19H22ClN3O3/c1-5-23(11(2)3)17-15(20)8-9-16(22-17)18(24)21-13-6-7-14(19(25)26)12(4)10-13/h6-11H,5H2,1-4H3,(H,21,24)(H,25,26). The number of hydrogen-bond donors (Lipinski definition) is 2. The smallest absolute Gasteiger partial charge is 0.335 e. The van der Waals surface area contributed by atoms with E-state index in [-0.39, 0.29) is 23.2 Å². The van der Waals surface area contributed by atoms with Crippen LogP contribution in [0.15, 0.2) is 30.3 Å². The van der Waals surface area contributed by atoms with Gasteiger partial charge in [0.1, 0.15) is 11.5 Å². The zero-order chi connectivity index (χ0) is 19.4. The molecule has 0 aliphatic heterocycles. The fourth-order valence-corrected chi connectivity index (χ4v) is 2.91. The molecule has 1 amide bonds. The van der Waals surface area contributed by atoms with Gasteiger partial charge < -0.3 is 15.3 Å². The number of aromatic nitrogens is 1. The first-order chi connectivity index (χ1) is 12.2. The van der Waals surface area contributed by atoms with E-state index >= 15 is 0 Å². The van der Waals surface area contributed by atoms with E-state index in [2.05, 4.69) is 10.3 Å². The van der Waals surface area contributed by atoms with Crippen LogP contribution in [-0.2, 0) is 0 Å². The predicted octanol–water partition coefficient (Wildman–Crippen LogP) is 4.23. The van der Waals surface area contributed by atoms with Crippen LogP contribution in [0.5, 0.6) is 0 Å². The van der Waals surface area contributed by atoms with Crippen molar-refractivity contribution < 1.29 is 14.7 Å². The summed E-state index contributed by atoms with van der Waals surface area (Å²) in [6.45, 7) is 8.45. The average Bonchev–Trinajstić information content (AvgIpc) is 2.56. The fourth-order valence-electron chi connectivity index (χ4n) is 2.70. The number of nitrogens with zero attached hydrogens (tertiary/aromatic N) is 2. The fraction of sp³-hybridized carbons (Fsp3) is 0.316. The van der Waals surface area contributed by atoms with Gasteiger partial charge in [-0.05, 0) is 63.6 Å². The number of nitrogens with one attached hydrogen (secondary N) is 1. The minimum atomic E-state index is -1.00. The summed E-state index contributed by atoms with van der Waals surface area (Å²) in [6.07, 6.45) is 0. The van der Waals surface area contributed by atoms with Crippen LogP contribution >= 0.6 is 11.6 Å². The minimum absolute atomic E-state index is 0.189. The average molecular weight is 376 g/mol. The second-order valence-electron chi connectivity index (χ2n) is 6.17. The lowest BCUT2D eigenvalue weighted by Crippen LogP contribution is -2.32. The maximum Gasteiger partial charge on any atom is 0.335 e. The van der Waals surface area contributed by atoms with Crippen molar-refractivity contribution in [2.24, 2.45) is 0 Å². The van der Waals surface area contributed by atoms with Crippen LogP contribution in [0.3, 0.4) is 0 Å². The van der Waals surface area contributed by atoms with Gasteiger partial charge in [-0.25, -0.2) is 9.78 Å². The normalized spacial score (nSPS) is 10.7. The third kappa shape index (κ3) is 4.32. The van der Waals surface area contributed by atoms with Gasteiger partial charge in [-0.2, -0.15) is 0 Å². The first-order valence-corrected chi connectivity index (χ1v) is 8.70. The van der Waals surface area contributed by atoms with Gasteiger partial charge in [-0.15, -0.1) is 0 Å². The second kappa shape index (κ2) is 8.19. The molecule has 0 radical (unpaired) electrons. The van der Waals surface area contributed by atoms with Crippen molar-refractivity contribution >= 4 is 35.0 Å². The van der Waals surface area contributed by atoms with Gasteiger partial charge >= 0.3 is 5.97 Å². The Labute approximate surface area is 157 Å². The number of halogens is 1. The van der Waals surface area contributed by atoms with E-state index in [0.717, 1.165) is 0 Å². The number of carbonyl (C=O) groups excluding carboxylic acids is 1. The Bertz CT molecular complexity index is 837. The van der Waals surface area contributed by atoms with Crippen LogP contribution in [0.1, 0.15) is 47.2 Å². The highest BCUT2D eigenvalue weighted by molar-refractivity contribution is 6.33. The van der Waals surface area contributed by atoms with E-state index in [0.29, 0.717) is 28.6 Å². The molecule has 0 unspecified atom stereocenters. The van der Waals surface area contributed by atoms with Crippen molar-refractivity contribution in [2.75, 3.05) is 16.8 Å². The topological polar surface area (TPSA) is 82.5 Å². The molecule has 0 atom stereocenters. The van der Waals surface area contributed by atoms with Gasteiger partial charge in [-0.3, -0.25) is 4.79 Å². The zero-order valence-corrected chi connectivity index (χ0v) is 16.0. The number of aromatic carboxylic acids is 1. The van der Waals surface area contributed by atoms with Crippen LogP contribution in [-0.4, -0.2) is 34.6 Å². The molecule has 0 bridgehead atoms. The molecule has 0 saturated carbocycles. The van der Waals surface area contributed by atoms with Gasteiger partial charge in [0.05, 0.1) is 10.6 Å². The summed E-state index contributed by atoms with van der Waals surface area (Å²) in [7, 11) is 0. The number of amides is 1. The lowest BCUT2D eigenvalue weighted by Gasteiger charge is -2.27. The molecule has 2 N–H and O–H groups in total. The quantitative estimate of drug-likeness (QED) is 0.789. The molecule has 0 spiro atoms. The van der Waals surface area contributed by atoms with Crippen molar-refractivity contribution in [1.29, 1.82) is 0 Å². The highest BCUT2D eigenvalue weighted by Gasteiger charge is 2.17. The van der Waals surface area contributed by atoms with Crippen LogP contribution in [0.4, 0.5) is 11.5 Å². The molecule has 0 aliphatic carbocycles. The number of carbonyl (C=O) groups is 2. The largest absolute Gasteiger partial charge is 0.478 e. The van der Waals surface area contributed by atoms with Gasteiger partial charge in [0, 0.05) is 18.3 Å². The molecule has 0 saturated heterocycles. The zero-order valence-electron chi connectivity index (χ0n) is 15.2. The second-order valence-corrected chi connectivity index (χ2v) is 6.58. The number of carboxylic acids is 1. The molecular formula is C19H22ClN3O3. The minimum Gasteiger partial charge on any atom is -0.478 e. The summed E-state index contributed by atoms with van der Waals surface area (Å²) >= 11 is 6.26. The number of pyridine rings is 1. The van der Waals surface area contributed by atoms with Crippen molar-refractivity contribution in [3.05, 3.63) is 52.2 Å². The number of anilines is 2. The van der Waals surface area contributed by atoms with E-state index in [1.54, 1.807) is 31.2 Å². The number of carboxylic acid groups (broad SMARTS) is 1. The van der Waals surface area contributed by atoms with Crippen LogP contribution in [0, 0.1) is 6.92 Å². The number of rotatable bonds is 6. The highest BCUT2D eigenvalue weighted by Crippen LogP contribution is 2.25. The summed E-state index contributed by atoms with van der Waals surface area (Å²) in [4.78, 5) is 30.0. The Hall–Kier alpha value is -2.60. The monoisotopic (exact) mass is 375 g/mol. The molecule has 2 rings (SSSR count). The first-order valence-electron chi connectivity index (χ1n) is 8.33. The molecular weight excluding hydrogens is 354 g/mol. The van der Waals surface area contributed by atoms with Crippen molar-refractivity contribution in [3.63, 3.8) is 0 Å². The Morgan fingerprint density at radius 2 is 1.96 bits per heavy atom. The molecule has 0 fully saturated rings. The summed E-state index contributed by atoms with van der Waals surface area (Å²) in [5.41, 5.74) is 1.51. The van der Waals surface area contributed by atoms with E-state index in [1.807, 2.05) is 25.7 Å². The van der Waals surface area contributed by atoms with Crippen LogP contribution < -0.4 is 10.2 Å². The lowest BCUT2D eigenvalue weighted by atomic mass is 10.1. The Morgan fingerprint density at radius 3 is 2.50 bits per heavy atom. The third-order valence-electron chi connectivity index (χ3n) is 4.01. The van der Waals surface area contributed by atoms with Gasteiger partial charge in [0.25, 0.3) is 5.91 Å². The summed E-state index contributed by atoms with van der Waals surface area (Å²) in [5.74, 6) is -0.822. The summed E-state index contributed by atoms with van der Waals surface area (Å²) in [5, 5.41) is 12.3. The number of hydrogen-bond acceptors (Lipinski definition) is 4. The summed E-state index contributed by atoms with van der Waals surface area (Å²) in [6, 6.07) is 8.04. The lowest BCUT2D eigenvalue weighted by molar-refractivity contribution is 0.0696. The number of aryl methyl sites for hydroxylation is 1. The van der Waals surface area contributed by atoms with E-state index in [4.69, 9.17) is 16.7 Å². The molecule has 1 aromatic carbocycles. The first kappa shape index (κ1) is 19.7. The third-order valence-corrected chi connectivity index (χ3v) is 4.31. The molecule has 0 aliphatic rings.